The second-order valence-electron chi connectivity index (χ2n) is 5.63. The van der Waals surface area contributed by atoms with E-state index in [9.17, 15) is 8.42 Å². The van der Waals surface area contributed by atoms with Gasteiger partial charge in [0.1, 0.15) is 0 Å². The van der Waals surface area contributed by atoms with E-state index in [1.165, 1.54) is 0 Å². The fraction of sp³-hybridized carbons (Fsp3) is 0.375. The van der Waals surface area contributed by atoms with Crippen molar-refractivity contribution in [3.8, 4) is 0 Å². The number of nitrogens with one attached hydrogen (secondary N) is 1. The first-order valence-electron chi connectivity index (χ1n) is 7.75. The van der Waals surface area contributed by atoms with Gasteiger partial charge >= 0.3 is 0 Å². The minimum Gasteiger partial charge on any atom is -0.355 e. The summed E-state index contributed by atoms with van der Waals surface area (Å²) >= 11 is 0. The van der Waals surface area contributed by atoms with Gasteiger partial charge in [-0.25, -0.2) is 8.42 Å². The Hall–Kier alpha value is -2.15. The molecule has 122 valence electrons. The fourth-order valence-electron chi connectivity index (χ4n) is 2.60. The van der Waals surface area contributed by atoms with Gasteiger partial charge in [-0.05, 0) is 37.0 Å². The Labute approximate surface area is 136 Å². The molecular weight excluding hydrogens is 312 g/mol. The predicted molar refractivity (Wildman–Crippen MR) is 91.0 cm³/mol. The van der Waals surface area contributed by atoms with Crippen LogP contribution in [0.4, 0.5) is 11.6 Å². The molecule has 1 N–H and O–H groups in total. The van der Waals surface area contributed by atoms with Gasteiger partial charge in [0.15, 0.2) is 11.6 Å². The molecule has 0 atom stereocenters. The quantitative estimate of drug-likeness (QED) is 0.876. The molecule has 0 unspecified atom stereocenters. The lowest BCUT2D eigenvalue weighted by Crippen LogP contribution is -2.21. The third kappa shape index (κ3) is 4.41. The van der Waals surface area contributed by atoms with Crippen molar-refractivity contribution in [3.05, 3.63) is 48.0 Å². The standard InChI is InChI=1S/C16H20N4O2S/c21-23(22,13-10-14-6-2-1-3-7-14)19-15-8-9-16(18-17-15)20-11-4-5-12-20/h1-3,6-9H,4-5,10-13H2,(H,17,19). The van der Waals surface area contributed by atoms with Crippen LogP contribution in [0.3, 0.4) is 0 Å². The molecule has 0 radical (unpaired) electrons. The minimum atomic E-state index is -3.43. The van der Waals surface area contributed by atoms with E-state index in [1.54, 1.807) is 6.07 Å². The molecule has 6 nitrogen and oxygen atoms in total. The van der Waals surface area contributed by atoms with E-state index in [1.807, 2.05) is 36.4 Å². The summed E-state index contributed by atoms with van der Waals surface area (Å²) in [5, 5.41) is 8.09. The van der Waals surface area contributed by atoms with Crippen LogP contribution in [0.5, 0.6) is 0 Å². The van der Waals surface area contributed by atoms with Crippen LogP contribution in [0.15, 0.2) is 42.5 Å². The zero-order valence-corrected chi connectivity index (χ0v) is 13.7. The Bertz CT molecular complexity index is 726. The highest BCUT2D eigenvalue weighted by atomic mass is 32.2. The number of hydrogen-bond acceptors (Lipinski definition) is 5. The van der Waals surface area contributed by atoms with Gasteiger partial charge in [-0.3, -0.25) is 4.72 Å². The summed E-state index contributed by atoms with van der Waals surface area (Å²) in [6.45, 7) is 1.97. The van der Waals surface area contributed by atoms with Crippen LogP contribution >= 0.6 is 0 Å². The third-order valence-corrected chi connectivity index (χ3v) is 5.10. The number of anilines is 2. The molecule has 0 amide bonds. The van der Waals surface area contributed by atoms with Crippen molar-refractivity contribution in [2.75, 3.05) is 28.5 Å². The zero-order chi connectivity index (χ0) is 16.1. The molecular formula is C16H20N4O2S. The highest BCUT2D eigenvalue weighted by Crippen LogP contribution is 2.18. The Morgan fingerprint density at radius 1 is 1.00 bits per heavy atom. The average molecular weight is 332 g/mol. The van der Waals surface area contributed by atoms with Crippen LogP contribution in [0, 0.1) is 0 Å². The van der Waals surface area contributed by atoms with Crippen molar-refractivity contribution in [2.45, 2.75) is 19.3 Å². The van der Waals surface area contributed by atoms with Gasteiger partial charge in [-0.15, -0.1) is 10.2 Å². The second kappa shape index (κ2) is 6.95. The minimum absolute atomic E-state index is 0.0204. The maximum Gasteiger partial charge on any atom is 0.234 e. The zero-order valence-electron chi connectivity index (χ0n) is 12.9. The summed E-state index contributed by atoms with van der Waals surface area (Å²) in [5.74, 6) is 1.09. The Morgan fingerprint density at radius 3 is 2.39 bits per heavy atom. The molecule has 1 aliphatic rings. The van der Waals surface area contributed by atoms with Gasteiger partial charge in [0.05, 0.1) is 5.75 Å². The van der Waals surface area contributed by atoms with E-state index < -0.39 is 10.0 Å². The summed E-state index contributed by atoms with van der Waals surface area (Å²) in [6.07, 6.45) is 2.79. The number of hydrogen-bond donors (Lipinski definition) is 1. The number of nitrogens with zero attached hydrogens (tertiary/aromatic N) is 3. The highest BCUT2D eigenvalue weighted by Gasteiger charge is 2.15. The summed E-state index contributed by atoms with van der Waals surface area (Å²) in [4.78, 5) is 2.15. The van der Waals surface area contributed by atoms with Crippen LogP contribution < -0.4 is 9.62 Å². The van der Waals surface area contributed by atoms with Crippen LogP contribution in [0.25, 0.3) is 0 Å². The van der Waals surface area contributed by atoms with Crippen molar-refractivity contribution in [1.29, 1.82) is 0 Å². The first kappa shape index (κ1) is 15.7. The van der Waals surface area contributed by atoms with Gasteiger partial charge in [0, 0.05) is 13.1 Å². The molecule has 1 aliphatic heterocycles. The topological polar surface area (TPSA) is 75.2 Å². The van der Waals surface area contributed by atoms with Crippen LogP contribution in [0.2, 0.25) is 0 Å². The Kier molecular flexibility index (Phi) is 4.76. The van der Waals surface area contributed by atoms with E-state index in [0.717, 1.165) is 37.3 Å². The van der Waals surface area contributed by atoms with Gasteiger partial charge in [-0.1, -0.05) is 30.3 Å². The fourth-order valence-corrected chi connectivity index (χ4v) is 3.64. The van der Waals surface area contributed by atoms with E-state index in [2.05, 4.69) is 19.8 Å². The van der Waals surface area contributed by atoms with E-state index >= 15 is 0 Å². The predicted octanol–water partition coefficient (Wildman–Crippen LogP) is 2.06. The number of sulfonamides is 1. The lowest BCUT2D eigenvalue weighted by Gasteiger charge is -2.15. The molecule has 1 aromatic heterocycles. The summed E-state index contributed by atoms with van der Waals surface area (Å²) in [5.41, 5.74) is 0.994. The highest BCUT2D eigenvalue weighted by molar-refractivity contribution is 7.92. The molecule has 0 saturated carbocycles. The number of aromatic nitrogens is 2. The number of benzene rings is 1. The second-order valence-corrected chi connectivity index (χ2v) is 7.47. The Morgan fingerprint density at radius 2 is 1.74 bits per heavy atom. The van der Waals surface area contributed by atoms with Crippen LogP contribution in [-0.4, -0.2) is 37.5 Å². The molecule has 1 aromatic carbocycles. The lowest BCUT2D eigenvalue weighted by atomic mass is 10.2. The van der Waals surface area contributed by atoms with Crippen LogP contribution in [-0.2, 0) is 16.4 Å². The summed E-state index contributed by atoms with van der Waals surface area (Å²) < 4.78 is 26.7. The van der Waals surface area contributed by atoms with Gasteiger partial charge in [0.25, 0.3) is 0 Å². The lowest BCUT2D eigenvalue weighted by molar-refractivity contribution is 0.600. The van der Waals surface area contributed by atoms with Crippen molar-refractivity contribution in [3.63, 3.8) is 0 Å². The first-order valence-corrected chi connectivity index (χ1v) is 9.41. The van der Waals surface area contributed by atoms with Crippen molar-refractivity contribution < 1.29 is 8.42 Å². The average Bonchev–Trinajstić information content (AvgIpc) is 3.09. The van der Waals surface area contributed by atoms with Gasteiger partial charge in [0.2, 0.25) is 10.0 Å². The molecule has 7 heteroatoms. The molecule has 0 aliphatic carbocycles. The number of rotatable bonds is 6. The van der Waals surface area contributed by atoms with E-state index in [0.29, 0.717) is 6.42 Å². The van der Waals surface area contributed by atoms with Crippen molar-refractivity contribution in [1.82, 2.24) is 10.2 Å². The molecule has 2 aromatic rings. The smallest absolute Gasteiger partial charge is 0.234 e. The maximum atomic E-state index is 12.1. The summed E-state index contributed by atoms with van der Waals surface area (Å²) in [6, 6.07) is 13.0. The molecule has 1 saturated heterocycles. The third-order valence-electron chi connectivity index (χ3n) is 3.84. The molecule has 23 heavy (non-hydrogen) atoms. The van der Waals surface area contributed by atoms with Crippen molar-refractivity contribution >= 4 is 21.7 Å². The SMILES string of the molecule is O=S(=O)(CCc1ccccc1)Nc1ccc(N2CCCC2)nn1. The van der Waals surface area contributed by atoms with Crippen LogP contribution in [0.1, 0.15) is 18.4 Å². The maximum absolute atomic E-state index is 12.1. The molecule has 0 bridgehead atoms. The molecule has 0 spiro atoms. The molecule has 2 heterocycles. The van der Waals surface area contributed by atoms with Gasteiger partial charge in [-0.2, -0.15) is 0 Å². The Balaban J connectivity index is 1.59. The monoisotopic (exact) mass is 332 g/mol. The van der Waals surface area contributed by atoms with E-state index in [4.69, 9.17) is 0 Å². The summed E-state index contributed by atoms with van der Waals surface area (Å²) in [7, 11) is -3.43. The van der Waals surface area contributed by atoms with E-state index in [-0.39, 0.29) is 11.6 Å². The van der Waals surface area contributed by atoms with Gasteiger partial charge < -0.3 is 4.90 Å². The normalized spacial score (nSPS) is 14.9. The molecule has 1 fully saturated rings. The van der Waals surface area contributed by atoms with Crippen molar-refractivity contribution in [2.24, 2.45) is 0 Å². The first-order chi connectivity index (χ1) is 11.1. The largest absolute Gasteiger partial charge is 0.355 e. The molecule has 3 rings (SSSR count). The number of aryl methyl sites for hydroxylation is 1.